The molecule has 4 rings (SSSR count). The number of benzene rings is 2. The Balaban J connectivity index is 1.73. The van der Waals surface area contributed by atoms with Crippen LogP contribution < -0.4 is 9.91 Å². The molecule has 0 N–H and O–H groups in total. The van der Waals surface area contributed by atoms with Gasteiger partial charge < -0.3 is 0 Å². The molecule has 2 aliphatic heterocycles. The molecule has 0 bridgehead atoms. The summed E-state index contributed by atoms with van der Waals surface area (Å²) in [5.74, 6) is -0.717. The van der Waals surface area contributed by atoms with Crippen LogP contribution >= 0.6 is 11.6 Å². The average Bonchev–Trinajstić information content (AvgIpc) is 3.15. The van der Waals surface area contributed by atoms with Gasteiger partial charge >= 0.3 is 0 Å². The van der Waals surface area contributed by atoms with Crippen LogP contribution in [0.15, 0.2) is 58.9 Å². The highest BCUT2D eigenvalue weighted by atomic mass is 35.5. The average molecular weight is 355 g/mol. The first-order valence-corrected chi connectivity index (χ1v) is 8.41. The minimum atomic E-state index is -0.823. The van der Waals surface area contributed by atoms with Gasteiger partial charge in [0.25, 0.3) is 11.8 Å². The molecule has 1 fully saturated rings. The summed E-state index contributed by atoms with van der Waals surface area (Å²) < 4.78 is 0. The highest BCUT2D eigenvalue weighted by Crippen LogP contribution is 2.36. The van der Waals surface area contributed by atoms with E-state index in [0.717, 1.165) is 22.6 Å². The Morgan fingerprint density at radius 2 is 1.88 bits per heavy atom. The van der Waals surface area contributed by atoms with Crippen LogP contribution in [0.3, 0.4) is 0 Å². The molecule has 2 aliphatic rings. The van der Waals surface area contributed by atoms with Crippen molar-refractivity contribution in [1.82, 2.24) is 0 Å². The fourth-order valence-electron chi connectivity index (χ4n) is 3.26. The molecule has 0 unspecified atom stereocenters. The molecule has 0 aromatic heterocycles. The number of aryl methyl sites for hydroxylation is 1. The van der Waals surface area contributed by atoms with E-state index in [0.29, 0.717) is 10.7 Å². The molecular formula is C18H15ClN4O2. The van der Waals surface area contributed by atoms with E-state index in [1.54, 1.807) is 29.3 Å². The molecule has 126 valence electrons. The van der Waals surface area contributed by atoms with Crippen molar-refractivity contribution in [2.45, 2.75) is 25.4 Å². The number of carbonyl (C=O) groups excluding carboxylic acids is 2. The summed E-state index contributed by atoms with van der Waals surface area (Å²) in [6.45, 7) is 2.03. The topological polar surface area (TPSA) is 65.3 Å². The summed E-state index contributed by atoms with van der Waals surface area (Å²) in [5.41, 5.74) is 2.30. The van der Waals surface area contributed by atoms with Crippen molar-refractivity contribution in [3.63, 3.8) is 0 Å². The van der Waals surface area contributed by atoms with E-state index in [-0.39, 0.29) is 11.8 Å². The second-order valence-electron chi connectivity index (χ2n) is 5.91. The molecule has 0 radical (unpaired) electrons. The standard InChI is InChI=1S/C18H15ClN4O2/c1-2-11-6-3-4-9-14(11)23-16-15(20-21-23)17(24)22(18(16)25)13-8-5-7-12(19)10-13/h3-10,15-16H,2H2,1H3/t15-,16-/m0/s1. The monoisotopic (exact) mass is 354 g/mol. The van der Waals surface area contributed by atoms with Crippen molar-refractivity contribution >= 4 is 34.8 Å². The smallest absolute Gasteiger partial charge is 0.263 e. The van der Waals surface area contributed by atoms with Crippen molar-refractivity contribution < 1.29 is 9.59 Å². The fourth-order valence-corrected chi connectivity index (χ4v) is 3.45. The maximum atomic E-state index is 13.0. The summed E-state index contributed by atoms with van der Waals surface area (Å²) in [7, 11) is 0. The number of imide groups is 1. The lowest BCUT2D eigenvalue weighted by Gasteiger charge is -2.22. The lowest BCUT2D eigenvalue weighted by molar-refractivity contribution is -0.121. The maximum absolute atomic E-state index is 13.0. The van der Waals surface area contributed by atoms with E-state index >= 15 is 0 Å². The first kappa shape index (κ1) is 15.8. The van der Waals surface area contributed by atoms with Gasteiger partial charge in [0.15, 0.2) is 12.1 Å². The van der Waals surface area contributed by atoms with Gasteiger partial charge in [-0.15, -0.1) is 0 Å². The number of para-hydroxylation sites is 1. The molecular weight excluding hydrogens is 340 g/mol. The summed E-state index contributed by atoms with van der Waals surface area (Å²) in [5, 5.41) is 10.2. The van der Waals surface area contributed by atoms with Crippen LogP contribution in [-0.2, 0) is 16.0 Å². The van der Waals surface area contributed by atoms with Gasteiger partial charge in [0, 0.05) is 5.02 Å². The van der Waals surface area contributed by atoms with Crippen LogP contribution in [0.1, 0.15) is 12.5 Å². The highest BCUT2D eigenvalue weighted by Gasteiger charge is 2.55. The second kappa shape index (κ2) is 5.97. The van der Waals surface area contributed by atoms with Gasteiger partial charge in [0.1, 0.15) is 0 Å². The maximum Gasteiger partial charge on any atom is 0.263 e. The van der Waals surface area contributed by atoms with Crippen molar-refractivity contribution in [2.24, 2.45) is 10.3 Å². The van der Waals surface area contributed by atoms with Crippen molar-refractivity contribution in [2.75, 3.05) is 9.91 Å². The molecule has 6 nitrogen and oxygen atoms in total. The number of amides is 2. The first-order chi connectivity index (χ1) is 12.1. The summed E-state index contributed by atoms with van der Waals surface area (Å²) in [6, 6.07) is 12.8. The Morgan fingerprint density at radius 3 is 2.64 bits per heavy atom. The minimum absolute atomic E-state index is 0.340. The van der Waals surface area contributed by atoms with Crippen LogP contribution in [0.4, 0.5) is 11.4 Å². The van der Waals surface area contributed by atoms with Gasteiger partial charge in [-0.25, -0.2) is 9.91 Å². The Labute approximate surface area is 149 Å². The predicted molar refractivity (Wildman–Crippen MR) is 94.7 cm³/mol. The number of hydrogen-bond donors (Lipinski definition) is 0. The minimum Gasteiger partial charge on any atom is -0.271 e. The van der Waals surface area contributed by atoms with Gasteiger partial charge in [-0.2, -0.15) is 5.11 Å². The summed E-state index contributed by atoms with van der Waals surface area (Å²) in [4.78, 5) is 26.9. The highest BCUT2D eigenvalue weighted by molar-refractivity contribution is 6.32. The van der Waals surface area contributed by atoms with E-state index in [1.165, 1.54) is 0 Å². The number of halogens is 1. The van der Waals surface area contributed by atoms with Crippen LogP contribution in [0.25, 0.3) is 0 Å². The molecule has 25 heavy (non-hydrogen) atoms. The SMILES string of the molecule is CCc1ccccc1N1N=N[C@@H]2C(=O)N(c3cccc(Cl)c3)C(=O)[C@H]21. The van der Waals surface area contributed by atoms with Gasteiger partial charge in [-0.1, -0.05) is 48.0 Å². The van der Waals surface area contributed by atoms with E-state index in [2.05, 4.69) is 10.3 Å². The summed E-state index contributed by atoms with van der Waals surface area (Å²) in [6.07, 6.45) is 0.791. The molecule has 2 aromatic rings. The fraction of sp³-hybridized carbons (Fsp3) is 0.222. The molecule has 2 amide bonds. The Morgan fingerprint density at radius 1 is 1.08 bits per heavy atom. The molecule has 0 saturated carbocycles. The molecule has 1 saturated heterocycles. The molecule has 2 aromatic carbocycles. The number of anilines is 2. The van der Waals surface area contributed by atoms with Crippen LogP contribution in [0.5, 0.6) is 0 Å². The predicted octanol–water partition coefficient (Wildman–Crippen LogP) is 3.40. The first-order valence-electron chi connectivity index (χ1n) is 8.03. The number of nitrogens with zero attached hydrogens (tertiary/aromatic N) is 4. The van der Waals surface area contributed by atoms with E-state index < -0.39 is 12.1 Å². The van der Waals surface area contributed by atoms with E-state index in [9.17, 15) is 9.59 Å². The normalized spacial score (nSPS) is 22.0. The van der Waals surface area contributed by atoms with Crippen LogP contribution in [0.2, 0.25) is 5.02 Å². The second-order valence-corrected chi connectivity index (χ2v) is 6.35. The Bertz CT molecular complexity index is 898. The quantitative estimate of drug-likeness (QED) is 0.793. The van der Waals surface area contributed by atoms with Crippen LogP contribution in [-0.4, -0.2) is 23.9 Å². The molecule has 0 spiro atoms. The number of carbonyl (C=O) groups is 2. The van der Waals surface area contributed by atoms with Gasteiger partial charge in [0.05, 0.1) is 11.4 Å². The lowest BCUT2D eigenvalue weighted by atomic mass is 10.1. The third-order valence-corrected chi connectivity index (χ3v) is 4.70. The van der Waals surface area contributed by atoms with E-state index in [4.69, 9.17) is 11.6 Å². The molecule has 7 heteroatoms. The van der Waals surface area contributed by atoms with Crippen molar-refractivity contribution in [3.05, 3.63) is 59.1 Å². The molecule has 2 heterocycles. The zero-order valence-electron chi connectivity index (χ0n) is 13.5. The zero-order valence-corrected chi connectivity index (χ0v) is 14.2. The Kier molecular flexibility index (Phi) is 3.77. The summed E-state index contributed by atoms with van der Waals surface area (Å²) >= 11 is 6.00. The van der Waals surface area contributed by atoms with E-state index in [1.807, 2.05) is 31.2 Å². The molecule has 0 aliphatic carbocycles. The third kappa shape index (κ3) is 2.41. The third-order valence-electron chi connectivity index (χ3n) is 4.47. The van der Waals surface area contributed by atoms with Gasteiger partial charge in [-0.05, 0) is 36.2 Å². The lowest BCUT2D eigenvalue weighted by Crippen LogP contribution is -2.40. The van der Waals surface area contributed by atoms with Crippen LogP contribution in [0, 0.1) is 0 Å². The van der Waals surface area contributed by atoms with Gasteiger partial charge in [0.2, 0.25) is 0 Å². The molecule has 2 atom stereocenters. The van der Waals surface area contributed by atoms with Gasteiger partial charge in [-0.3, -0.25) is 9.59 Å². The largest absolute Gasteiger partial charge is 0.271 e. The Hall–Kier alpha value is -2.73. The van der Waals surface area contributed by atoms with Crippen molar-refractivity contribution in [3.8, 4) is 0 Å². The number of hydrogen-bond acceptors (Lipinski definition) is 5. The number of rotatable bonds is 3. The number of fused-ring (bicyclic) bond motifs is 1. The van der Waals surface area contributed by atoms with Crippen molar-refractivity contribution in [1.29, 1.82) is 0 Å². The zero-order chi connectivity index (χ0) is 17.6.